The van der Waals surface area contributed by atoms with Crippen LogP contribution in [0.25, 0.3) is 5.65 Å². The Morgan fingerprint density at radius 3 is 2.38 bits per heavy atom. The molecule has 0 fully saturated rings. The van der Waals surface area contributed by atoms with Crippen LogP contribution in [0.2, 0.25) is 0 Å². The van der Waals surface area contributed by atoms with Crippen molar-refractivity contribution in [3.63, 3.8) is 0 Å². The van der Waals surface area contributed by atoms with Crippen molar-refractivity contribution in [2.45, 2.75) is 12.6 Å². The summed E-state index contributed by atoms with van der Waals surface area (Å²) in [5, 5.41) is 8.10. The number of hydrogen-bond donors (Lipinski definition) is 0. The Labute approximate surface area is 126 Å². The zero-order valence-electron chi connectivity index (χ0n) is 10.6. The van der Waals surface area contributed by atoms with Gasteiger partial charge in [-0.3, -0.25) is 4.40 Å². The third-order valence-corrected chi connectivity index (χ3v) is 3.55. The van der Waals surface area contributed by atoms with E-state index in [2.05, 4.69) is 26.1 Å². The van der Waals surface area contributed by atoms with Gasteiger partial charge < -0.3 is 0 Å². The Kier molecular flexibility index (Phi) is 3.44. The average Bonchev–Trinajstić information content (AvgIpc) is 2.81. The van der Waals surface area contributed by atoms with Gasteiger partial charge in [0.15, 0.2) is 5.65 Å². The predicted molar refractivity (Wildman–Crippen MR) is 74.9 cm³/mol. The summed E-state index contributed by atoms with van der Waals surface area (Å²) in [7, 11) is 0. The number of aromatic nitrogens is 3. The molecule has 0 radical (unpaired) electrons. The molecular formula is C14H9BrF3N3. The number of halogens is 4. The van der Waals surface area contributed by atoms with E-state index in [-0.39, 0.29) is 0 Å². The molecule has 0 aliphatic rings. The molecule has 2 heterocycles. The van der Waals surface area contributed by atoms with Crippen molar-refractivity contribution in [3.8, 4) is 0 Å². The van der Waals surface area contributed by atoms with Crippen LogP contribution in [0.15, 0.2) is 47.1 Å². The SMILES string of the molecule is FC(F)(F)c1ccc(Cc2nnc3ccc(Br)cn23)cc1. The van der Waals surface area contributed by atoms with Crippen molar-refractivity contribution < 1.29 is 13.2 Å². The van der Waals surface area contributed by atoms with Gasteiger partial charge in [0.05, 0.1) is 5.56 Å². The number of rotatable bonds is 2. The minimum atomic E-state index is -4.31. The number of hydrogen-bond acceptors (Lipinski definition) is 2. The fourth-order valence-electron chi connectivity index (χ4n) is 2.03. The summed E-state index contributed by atoms with van der Waals surface area (Å²) in [5.74, 6) is 0.672. The summed E-state index contributed by atoms with van der Waals surface area (Å²) in [4.78, 5) is 0. The zero-order valence-corrected chi connectivity index (χ0v) is 12.2. The number of alkyl halides is 3. The van der Waals surface area contributed by atoms with Gasteiger partial charge in [0.2, 0.25) is 0 Å². The first kappa shape index (κ1) is 14.1. The third-order valence-electron chi connectivity index (χ3n) is 3.08. The molecule has 108 valence electrons. The van der Waals surface area contributed by atoms with Gasteiger partial charge in [-0.05, 0) is 45.8 Å². The lowest BCUT2D eigenvalue weighted by Gasteiger charge is -2.07. The first-order valence-corrected chi connectivity index (χ1v) is 6.88. The van der Waals surface area contributed by atoms with E-state index in [1.807, 2.05) is 22.7 Å². The Bertz CT molecular complexity index is 778. The van der Waals surface area contributed by atoms with E-state index in [0.29, 0.717) is 17.9 Å². The second kappa shape index (κ2) is 5.14. The van der Waals surface area contributed by atoms with E-state index in [1.54, 1.807) is 0 Å². The molecule has 3 rings (SSSR count). The van der Waals surface area contributed by atoms with Gasteiger partial charge in [-0.2, -0.15) is 13.2 Å². The van der Waals surface area contributed by atoms with E-state index in [1.165, 1.54) is 12.1 Å². The fourth-order valence-corrected chi connectivity index (χ4v) is 2.36. The van der Waals surface area contributed by atoms with Crippen molar-refractivity contribution in [1.29, 1.82) is 0 Å². The first-order valence-electron chi connectivity index (χ1n) is 6.09. The van der Waals surface area contributed by atoms with Crippen molar-refractivity contribution in [3.05, 3.63) is 64.0 Å². The third kappa shape index (κ3) is 2.92. The Balaban J connectivity index is 1.90. The number of pyridine rings is 1. The minimum absolute atomic E-state index is 0.412. The molecule has 2 aromatic heterocycles. The molecule has 7 heteroatoms. The maximum atomic E-state index is 12.5. The highest BCUT2D eigenvalue weighted by Crippen LogP contribution is 2.29. The lowest BCUT2D eigenvalue weighted by atomic mass is 10.1. The second-order valence-electron chi connectivity index (χ2n) is 4.56. The second-order valence-corrected chi connectivity index (χ2v) is 5.48. The summed E-state index contributed by atoms with van der Waals surface area (Å²) in [6.07, 6.45) is -2.07. The lowest BCUT2D eigenvalue weighted by Crippen LogP contribution is -2.05. The molecule has 0 saturated carbocycles. The van der Waals surface area contributed by atoms with Crippen LogP contribution in [0, 0.1) is 0 Å². The Morgan fingerprint density at radius 2 is 1.71 bits per heavy atom. The summed E-state index contributed by atoms with van der Waals surface area (Å²) in [6, 6.07) is 8.74. The van der Waals surface area contributed by atoms with Crippen molar-refractivity contribution in [2.24, 2.45) is 0 Å². The lowest BCUT2D eigenvalue weighted by molar-refractivity contribution is -0.137. The molecule has 0 bridgehead atoms. The van der Waals surface area contributed by atoms with Gasteiger partial charge in [0.25, 0.3) is 0 Å². The molecular weight excluding hydrogens is 347 g/mol. The number of nitrogens with zero attached hydrogens (tertiary/aromatic N) is 3. The summed E-state index contributed by atoms with van der Waals surface area (Å²) >= 11 is 3.37. The number of benzene rings is 1. The summed E-state index contributed by atoms with van der Waals surface area (Å²) in [5.41, 5.74) is 0.789. The molecule has 0 amide bonds. The topological polar surface area (TPSA) is 30.2 Å². The average molecular weight is 356 g/mol. The van der Waals surface area contributed by atoms with Gasteiger partial charge in [-0.25, -0.2) is 0 Å². The first-order chi connectivity index (χ1) is 9.93. The summed E-state index contributed by atoms with van der Waals surface area (Å²) in [6.45, 7) is 0. The van der Waals surface area contributed by atoms with Gasteiger partial charge in [0.1, 0.15) is 5.82 Å². The van der Waals surface area contributed by atoms with E-state index >= 15 is 0 Å². The largest absolute Gasteiger partial charge is 0.416 e. The Hall–Kier alpha value is -1.89. The molecule has 0 atom stereocenters. The minimum Gasteiger partial charge on any atom is -0.285 e. The highest BCUT2D eigenvalue weighted by Gasteiger charge is 2.29. The Morgan fingerprint density at radius 1 is 1.00 bits per heavy atom. The molecule has 0 aliphatic heterocycles. The maximum absolute atomic E-state index is 12.5. The van der Waals surface area contributed by atoms with Crippen LogP contribution in [0.3, 0.4) is 0 Å². The highest BCUT2D eigenvalue weighted by molar-refractivity contribution is 9.10. The highest BCUT2D eigenvalue weighted by atomic mass is 79.9. The summed E-state index contributed by atoms with van der Waals surface area (Å²) < 4.78 is 40.2. The van der Waals surface area contributed by atoms with Crippen LogP contribution in [-0.4, -0.2) is 14.6 Å². The molecule has 21 heavy (non-hydrogen) atoms. The molecule has 0 unspecified atom stereocenters. The van der Waals surface area contributed by atoms with Crippen molar-refractivity contribution in [2.75, 3.05) is 0 Å². The van der Waals surface area contributed by atoms with Crippen LogP contribution in [0.5, 0.6) is 0 Å². The van der Waals surface area contributed by atoms with E-state index in [9.17, 15) is 13.2 Å². The van der Waals surface area contributed by atoms with E-state index in [0.717, 1.165) is 22.2 Å². The van der Waals surface area contributed by atoms with E-state index in [4.69, 9.17) is 0 Å². The molecule has 0 aliphatic carbocycles. The molecule has 0 N–H and O–H groups in total. The molecule has 0 spiro atoms. The van der Waals surface area contributed by atoms with Crippen LogP contribution in [0.4, 0.5) is 13.2 Å². The molecule has 3 nitrogen and oxygen atoms in total. The quantitative estimate of drug-likeness (QED) is 0.692. The zero-order chi connectivity index (χ0) is 15.0. The molecule has 0 saturated heterocycles. The maximum Gasteiger partial charge on any atom is 0.416 e. The van der Waals surface area contributed by atoms with Crippen LogP contribution in [0.1, 0.15) is 17.0 Å². The molecule has 3 aromatic rings. The van der Waals surface area contributed by atoms with Crippen molar-refractivity contribution in [1.82, 2.24) is 14.6 Å². The van der Waals surface area contributed by atoms with Gasteiger partial charge in [-0.15, -0.1) is 10.2 Å². The van der Waals surface area contributed by atoms with Crippen LogP contribution in [-0.2, 0) is 12.6 Å². The monoisotopic (exact) mass is 355 g/mol. The van der Waals surface area contributed by atoms with Crippen LogP contribution < -0.4 is 0 Å². The molecule has 1 aromatic carbocycles. The standard InChI is InChI=1S/C14H9BrF3N3/c15-11-5-6-12-19-20-13(21(12)8-11)7-9-1-3-10(4-2-9)14(16,17)18/h1-6,8H,7H2. The van der Waals surface area contributed by atoms with E-state index < -0.39 is 11.7 Å². The van der Waals surface area contributed by atoms with Gasteiger partial charge in [0, 0.05) is 17.1 Å². The number of fused-ring (bicyclic) bond motifs is 1. The fraction of sp³-hybridized carbons (Fsp3) is 0.143. The van der Waals surface area contributed by atoms with Gasteiger partial charge in [-0.1, -0.05) is 12.1 Å². The van der Waals surface area contributed by atoms with Crippen molar-refractivity contribution >= 4 is 21.6 Å². The smallest absolute Gasteiger partial charge is 0.285 e. The normalized spacial score (nSPS) is 12.0. The van der Waals surface area contributed by atoms with Gasteiger partial charge >= 0.3 is 6.18 Å². The predicted octanol–water partition coefficient (Wildman–Crippen LogP) is 4.10. The van der Waals surface area contributed by atoms with Crippen LogP contribution >= 0.6 is 15.9 Å².